The fourth-order valence-electron chi connectivity index (χ4n) is 3.47. The van der Waals surface area contributed by atoms with Crippen LogP contribution in [0.5, 0.6) is 11.5 Å². The number of methoxy groups -OCH3 is 2. The molecule has 146 valence electrons. The van der Waals surface area contributed by atoms with Crippen molar-refractivity contribution in [2.45, 2.75) is 32.2 Å². The molecule has 6 nitrogen and oxygen atoms in total. The summed E-state index contributed by atoms with van der Waals surface area (Å²) >= 11 is 1.39. The van der Waals surface area contributed by atoms with Crippen LogP contribution in [0.25, 0.3) is 10.6 Å². The minimum atomic E-state index is -0.0515. The highest BCUT2D eigenvalue weighted by atomic mass is 32.1. The van der Waals surface area contributed by atoms with Crippen molar-refractivity contribution in [3.63, 3.8) is 0 Å². The van der Waals surface area contributed by atoms with Gasteiger partial charge < -0.3 is 19.7 Å². The van der Waals surface area contributed by atoms with Gasteiger partial charge in [0.2, 0.25) is 0 Å². The van der Waals surface area contributed by atoms with Gasteiger partial charge in [0.25, 0.3) is 5.91 Å². The summed E-state index contributed by atoms with van der Waals surface area (Å²) in [4.78, 5) is 20.2. The highest BCUT2D eigenvalue weighted by Gasteiger charge is 2.22. The second-order valence-electron chi connectivity index (χ2n) is 6.82. The number of hydrogen-bond acceptors (Lipinski definition) is 6. The summed E-state index contributed by atoms with van der Waals surface area (Å²) in [7, 11) is 5.39. The topological polar surface area (TPSA) is 63.7 Å². The fourth-order valence-corrected chi connectivity index (χ4v) is 4.49. The molecule has 0 aliphatic carbocycles. The largest absolute Gasteiger partial charge is 0.497 e. The molecule has 0 bridgehead atoms. The first-order chi connectivity index (χ1) is 13.0. The summed E-state index contributed by atoms with van der Waals surface area (Å²) in [6, 6.07) is 6.18. The smallest absolute Gasteiger partial charge is 0.263 e. The van der Waals surface area contributed by atoms with Crippen LogP contribution in [-0.4, -0.2) is 56.2 Å². The zero-order valence-corrected chi connectivity index (χ0v) is 17.2. The van der Waals surface area contributed by atoms with E-state index in [1.807, 2.05) is 25.1 Å². The highest BCUT2D eigenvalue weighted by Crippen LogP contribution is 2.36. The predicted molar refractivity (Wildman–Crippen MR) is 108 cm³/mol. The Morgan fingerprint density at radius 2 is 2.19 bits per heavy atom. The maximum Gasteiger partial charge on any atom is 0.263 e. The van der Waals surface area contributed by atoms with Crippen LogP contribution >= 0.6 is 11.3 Å². The van der Waals surface area contributed by atoms with Gasteiger partial charge in [-0.15, -0.1) is 11.3 Å². The molecule has 0 saturated carbocycles. The van der Waals surface area contributed by atoms with Crippen LogP contribution in [0.2, 0.25) is 0 Å². The molecule has 1 fully saturated rings. The maximum atomic E-state index is 12.6. The Morgan fingerprint density at radius 3 is 2.85 bits per heavy atom. The van der Waals surface area contributed by atoms with Crippen molar-refractivity contribution in [1.29, 1.82) is 0 Å². The molecule has 0 spiro atoms. The van der Waals surface area contributed by atoms with Gasteiger partial charge in [0.05, 0.1) is 25.5 Å². The first kappa shape index (κ1) is 19.6. The number of aromatic nitrogens is 1. The summed E-state index contributed by atoms with van der Waals surface area (Å²) in [5.74, 6) is 1.35. The standard InChI is InChI=1S/C20H27N3O3S/c1-13-18(19(24)21-10-9-14-6-5-11-23(14)2)27-20(22-13)16-8-7-15(25-3)12-17(16)26-4/h7-8,12,14H,5-6,9-11H2,1-4H3,(H,21,24). The summed E-state index contributed by atoms with van der Waals surface area (Å²) in [6.45, 7) is 3.71. The molecule has 1 aromatic heterocycles. The van der Waals surface area contributed by atoms with Crippen molar-refractivity contribution in [2.24, 2.45) is 0 Å². The van der Waals surface area contributed by atoms with Crippen LogP contribution in [0.1, 0.15) is 34.6 Å². The number of rotatable bonds is 7. The van der Waals surface area contributed by atoms with Crippen LogP contribution in [0, 0.1) is 6.92 Å². The first-order valence-corrected chi connectivity index (χ1v) is 10.0. The molecule has 1 saturated heterocycles. The number of ether oxygens (including phenoxy) is 2. The number of nitrogens with zero attached hydrogens (tertiary/aromatic N) is 2. The summed E-state index contributed by atoms with van der Waals surface area (Å²) < 4.78 is 10.7. The molecule has 1 aliphatic rings. The zero-order chi connectivity index (χ0) is 19.4. The van der Waals surface area contributed by atoms with Gasteiger partial charge in [0.15, 0.2) is 0 Å². The van der Waals surface area contributed by atoms with Crippen LogP contribution < -0.4 is 14.8 Å². The number of carbonyl (C=O) groups is 1. The van der Waals surface area contributed by atoms with Crippen molar-refractivity contribution < 1.29 is 14.3 Å². The first-order valence-electron chi connectivity index (χ1n) is 9.21. The number of carbonyl (C=O) groups excluding carboxylic acids is 1. The van der Waals surface area contributed by atoms with Crippen molar-refractivity contribution in [1.82, 2.24) is 15.2 Å². The summed E-state index contributed by atoms with van der Waals surface area (Å²) in [5, 5.41) is 3.82. The van der Waals surface area contributed by atoms with E-state index in [1.54, 1.807) is 14.2 Å². The van der Waals surface area contributed by atoms with E-state index in [0.717, 1.165) is 35.0 Å². The molecule has 3 rings (SSSR count). The van der Waals surface area contributed by atoms with Crippen LogP contribution in [-0.2, 0) is 0 Å². The molecular formula is C20H27N3O3S. The lowest BCUT2D eigenvalue weighted by Crippen LogP contribution is -2.31. The van der Waals surface area contributed by atoms with Gasteiger partial charge in [-0.2, -0.15) is 0 Å². The van der Waals surface area contributed by atoms with Gasteiger partial charge in [-0.1, -0.05) is 0 Å². The number of hydrogen-bond donors (Lipinski definition) is 1. The quantitative estimate of drug-likeness (QED) is 0.787. The van der Waals surface area contributed by atoms with Crippen molar-refractivity contribution in [3.05, 3.63) is 28.8 Å². The molecule has 1 aromatic carbocycles. The molecule has 2 aromatic rings. The van der Waals surface area contributed by atoms with Gasteiger partial charge in [0.1, 0.15) is 21.4 Å². The minimum Gasteiger partial charge on any atom is -0.497 e. The molecule has 1 amide bonds. The SMILES string of the molecule is COc1ccc(-c2nc(C)c(C(=O)NCCC3CCCN3C)s2)c(OC)c1. The van der Waals surface area contributed by atoms with E-state index in [0.29, 0.717) is 23.2 Å². The Labute approximate surface area is 164 Å². The number of aryl methyl sites for hydroxylation is 1. The van der Waals surface area contributed by atoms with Gasteiger partial charge in [-0.05, 0) is 51.9 Å². The van der Waals surface area contributed by atoms with Crippen molar-refractivity contribution in [3.8, 4) is 22.1 Å². The Kier molecular flexibility index (Phi) is 6.34. The van der Waals surface area contributed by atoms with Gasteiger partial charge in [-0.25, -0.2) is 4.98 Å². The van der Waals surface area contributed by atoms with E-state index in [4.69, 9.17) is 9.47 Å². The van der Waals surface area contributed by atoms with E-state index in [-0.39, 0.29) is 5.91 Å². The van der Waals surface area contributed by atoms with Gasteiger partial charge in [-0.3, -0.25) is 4.79 Å². The Morgan fingerprint density at radius 1 is 1.37 bits per heavy atom. The van der Waals surface area contributed by atoms with E-state index in [2.05, 4.69) is 22.2 Å². The number of amides is 1. The molecule has 7 heteroatoms. The van der Waals surface area contributed by atoms with Gasteiger partial charge in [0, 0.05) is 18.7 Å². The summed E-state index contributed by atoms with van der Waals surface area (Å²) in [6.07, 6.45) is 3.45. The number of likely N-dealkylation sites (tertiary alicyclic amines) is 1. The maximum absolute atomic E-state index is 12.6. The number of nitrogens with one attached hydrogen (secondary N) is 1. The lowest BCUT2D eigenvalue weighted by Gasteiger charge is -2.19. The third-order valence-electron chi connectivity index (χ3n) is 5.08. The van der Waals surface area contributed by atoms with Crippen LogP contribution in [0.15, 0.2) is 18.2 Å². The third kappa shape index (κ3) is 4.42. The lowest BCUT2D eigenvalue weighted by atomic mass is 10.1. The second kappa shape index (κ2) is 8.71. The minimum absolute atomic E-state index is 0.0515. The fraction of sp³-hybridized carbons (Fsp3) is 0.500. The molecule has 1 N–H and O–H groups in total. The monoisotopic (exact) mass is 389 g/mol. The van der Waals surface area contributed by atoms with Crippen molar-refractivity contribution in [2.75, 3.05) is 34.4 Å². The Balaban J connectivity index is 1.69. The molecular weight excluding hydrogens is 362 g/mol. The normalized spacial score (nSPS) is 17.1. The average Bonchev–Trinajstić information content (AvgIpc) is 3.26. The molecule has 1 atom stereocenters. The van der Waals surface area contributed by atoms with Crippen LogP contribution in [0.3, 0.4) is 0 Å². The third-order valence-corrected chi connectivity index (χ3v) is 6.27. The van der Waals surface area contributed by atoms with E-state index in [1.165, 1.54) is 24.2 Å². The molecule has 2 heterocycles. The second-order valence-corrected chi connectivity index (χ2v) is 7.82. The van der Waals surface area contributed by atoms with E-state index >= 15 is 0 Å². The highest BCUT2D eigenvalue weighted by molar-refractivity contribution is 7.17. The van der Waals surface area contributed by atoms with Crippen LogP contribution in [0.4, 0.5) is 0 Å². The Hall–Kier alpha value is -2.12. The Bertz CT molecular complexity index is 806. The average molecular weight is 390 g/mol. The van der Waals surface area contributed by atoms with E-state index in [9.17, 15) is 4.79 Å². The molecule has 1 aliphatic heterocycles. The van der Waals surface area contributed by atoms with Crippen molar-refractivity contribution >= 4 is 17.2 Å². The molecule has 0 radical (unpaired) electrons. The van der Waals surface area contributed by atoms with E-state index < -0.39 is 0 Å². The van der Waals surface area contributed by atoms with Gasteiger partial charge >= 0.3 is 0 Å². The number of benzene rings is 1. The molecule has 1 unspecified atom stereocenters. The molecule has 27 heavy (non-hydrogen) atoms. The number of thiazole rings is 1. The predicted octanol–water partition coefficient (Wildman–Crippen LogP) is 3.35. The summed E-state index contributed by atoms with van der Waals surface area (Å²) in [5.41, 5.74) is 1.60. The zero-order valence-electron chi connectivity index (χ0n) is 16.4. The lowest BCUT2D eigenvalue weighted by molar-refractivity contribution is 0.0953.